The van der Waals surface area contributed by atoms with Gasteiger partial charge >= 0.3 is 0 Å². The molecule has 0 fully saturated rings. The van der Waals surface area contributed by atoms with Crippen molar-refractivity contribution in [2.45, 2.75) is 37.3 Å². The number of nitrogens with zero attached hydrogens (tertiary/aromatic N) is 4. The molecule has 2 aromatic carbocycles. The molecule has 0 saturated heterocycles. The Morgan fingerprint density at radius 2 is 1.81 bits per heavy atom. The van der Waals surface area contributed by atoms with Crippen LogP contribution in [0, 0.1) is 0 Å². The van der Waals surface area contributed by atoms with Crippen molar-refractivity contribution in [1.82, 2.24) is 19.2 Å². The van der Waals surface area contributed by atoms with Crippen molar-refractivity contribution in [3.05, 3.63) is 79.9 Å². The number of ketones is 1. The zero-order valence-electron chi connectivity index (χ0n) is 20.1. The molecule has 0 radical (unpaired) electrons. The highest BCUT2D eigenvalue weighted by molar-refractivity contribution is 7.99. The van der Waals surface area contributed by atoms with E-state index in [4.69, 9.17) is 16.3 Å². The van der Waals surface area contributed by atoms with E-state index >= 15 is 0 Å². The molecule has 0 atom stereocenters. The highest BCUT2D eigenvalue weighted by Gasteiger charge is 2.25. The Hall–Kier alpha value is -3.14. The summed E-state index contributed by atoms with van der Waals surface area (Å²) in [6.45, 7) is 0. The zero-order valence-corrected chi connectivity index (χ0v) is 22.5. The molecule has 37 heavy (non-hydrogen) atoms. The summed E-state index contributed by atoms with van der Waals surface area (Å²) in [6, 6.07) is 14.2. The van der Waals surface area contributed by atoms with E-state index < -0.39 is 0 Å². The number of halogens is 1. The molecule has 1 aliphatic carbocycles. The average molecular weight is 551 g/mol. The third-order valence-corrected chi connectivity index (χ3v) is 9.13. The van der Waals surface area contributed by atoms with Gasteiger partial charge in [-0.25, -0.2) is 8.97 Å². The van der Waals surface area contributed by atoms with Crippen molar-refractivity contribution in [2.75, 3.05) is 12.9 Å². The van der Waals surface area contributed by atoms with Crippen molar-refractivity contribution in [2.24, 2.45) is 0 Å². The van der Waals surface area contributed by atoms with Crippen LogP contribution in [0.5, 0.6) is 5.75 Å². The Morgan fingerprint density at radius 3 is 2.57 bits per heavy atom. The van der Waals surface area contributed by atoms with E-state index in [1.54, 1.807) is 47.3 Å². The minimum Gasteiger partial charge on any atom is -0.497 e. The van der Waals surface area contributed by atoms with Crippen molar-refractivity contribution in [1.29, 1.82) is 0 Å². The van der Waals surface area contributed by atoms with Gasteiger partial charge in [0.05, 0.1) is 23.9 Å². The van der Waals surface area contributed by atoms with Gasteiger partial charge in [-0.05, 0) is 79.8 Å². The summed E-state index contributed by atoms with van der Waals surface area (Å²) in [6.07, 6.45) is 5.21. The molecule has 0 N–H and O–H groups in total. The number of aromatic nitrogens is 4. The molecule has 0 bridgehead atoms. The number of carbonyl (C=O) groups is 1. The van der Waals surface area contributed by atoms with Gasteiger partial charge in [0.1, 0.15) is 10.6 Å². The first-order chi connectivity index (χ1) is 18.0. The number of carbonyl (C=O) groups excluding carboxylic acids is 1. The molecule has 188 valence electrons. The maximum atomic E-state index is 14.0. The number of fused-ring (bicyclic) bond motifs is 5. The number of hydrogen-bond acceptors (Lipinski definition) is 7. The monoisotopic (exact) mass is 550 g/mol. The van der Waals surface area contributed by atoms with Gasteiger partial charge in [-0.15, -0.1) is 21.5 Å². The summed E-state index contributed by atoms with van der Waals surface area (Å²) >= 11 is 8.95. The average Bonchev–Trinajstić information content (AvgIpc) is 3.42. The zero-order chi connectivity index (χ0) is 25.5. The number of methoxy groups -OCH3 is 1. The first-order valence-corrected chi connectivity index (χ1v) is 14.2. The molecule has 3 aromatic heterocycles. The molecule has 3 heterocycles. The number of aryl methyl sites for hydroxylation is 2. The fraction of sp³-hybridized carbons (Fsp3) is 0.259. The highest BCUT2D eigenvalue weighted by atomic mass is 35.5. The molecular formula is C27H23ClN4O3S2. The molecule has 7 nitrogen and oxygen atoms in total. The number of benzene rings is 2. The quantitative estimate of drug-likeness (QED) is 0.146. The standard InChI is InChI=1S/C27H23ClN4O3S2/c1-35-19-13-11-18(12-14-19)31-24(34)23-20-5-3-2-4-6-22(20)37-25(23)32-26(31)29-30-27(32)36-15-21(33)16-7-9-17(28)10-8-16/h7-14H,2-6,15H2,1H3. The molecule has 0 amide bonds. The Morgan fingerprint density at radius 1 is 1.05 bits per heavy atom. The van der Waals surface area contributed by atoms with Crippen LogP contribution in [0.25, 0.3) is 21.7 Å². The second-order valence-corrected chi connectivity index (χ2v) is 11.4. The van der Waals surface area contributed by atoms with Crippen LogP contribution in [0.1, 0.15) is 40.1 Å². The number of ether oxygens (including phenoxy) is 1. The fourth-order valence-electron chi connectivity index (χ4n) is 4.80. The second-order valence-electron chi connectivity index (χ2n) is 8.92. The number of thioether (sulfide) groups is 1. The van der Waals surface area contributed by atoms with Crippen LogP contribution in [0.3, 0.4) is 0 Å². The minimum absolute atomic E-state index is 0.0277. The van der Waals surface area contributed by atoms with E-state index in [1.807, 2.05) is 28.7 Å². The van der Waals surface area contributed by atoms with Gasteiger partial charge in [-0.2, -0.15) is 0 Å². The van der Waals surface area contributed by atoms with Gasteiger partial charge in [0.2, 0.25) is 5.78 Å². The summed E-state index contributed by atoms with van der Waals surface area (Å²) in [4.78, 5) is 29.0. The third kappa shape index (κ3) is 4.35. The van der Waals surface area contributed by atoms with Crippen LogP contribution in [-0.4, -0.2) is 37.8 Å². The third-order valence-electron chi connectivity index (χ3n) is 6.67. The largest absolute Gasteiger partial charge is 0.497 e. The molecule has 1 aliphatic rings. The van der Waals surface area contributed by atoms with E-state index in [0.717, 1.165) is 41.5 Å². The Labute approximate surface area is 226 Å². The minimum atomic E-state index is -0.0896. The first kappa shape index (κ1) is 24.2. The van der Waals surface area contributed by atoms with Crippen LogP contribution in [0.2, 0.25) is 5.02 Å². The van der Waals surface area contributed by atoms with Crippen molar-refractivity contribution < 1.29 is 9.53 Å². The lowest BCUT2D eigenvalue weighted by Gasteiger charge is -2.11. The Balaban J connectivity index is 1.51. The first-order valence-electron chi connectivity index (χ1n) is 12.1. The van der Waals surface area contributed by atoms with Crippen LogP contribution < -0.4 is 10.3 Å². The topological polar surface area (TPSA) is 78.5 Å². The maximum Gasteiger partial charge on any atom is 0.268 e. The predicted octanol–water partition coefficient (Wildman–Crippen LogP) is 6.00. The lowest BCUT2D eigenvalue weighted by Crippen LogP contribution is -2.22. The highest BCUT2D eigenvalue weighted by Crippen LogP contribution is 2.36. The second kappa shape index (κ2) is 9.96. The lowest BCUT2D eigenvalue weighted by molar-refractivity contribution is 0.102. The summed E-state index contributed by atoms with van der Waals surface area (Å²) in [5, 5.41) is 10.8. The number of rotatable bonds is 6. The Bertz CT molecular complexity index is 1690. The van der Waals surface area contributed by atoms with Crippen LogP contribution in [0.15, 0.2) is 58.5 Å². The van der Waals surface area contributed by atoms with Gasteiger partial charge in [0.25, 0.3) is 5.56 Å². The molecule has 0 aliphatic heterocycles. The number of hydrogen-bond donors (Lipinski definition) is 0. The van der Waals surface area contributed by atoms with Gasteiger partial charge in [-0.3, -0.25) is 9.59 Å². The molecule has 6 rings (SSSR count). The van der Waals surface area contributed by atoms with Crippen LogP contribution >= 0.6 is 34.7 Å². The summed E-state index contributed by atoms with van der Waals surface area (Å²) in [5.41, 5.74) is 2.34. The van der Waals surface area contributed by atoms with E-state index in [9.17, 15) is 9.59 Å². The van der Waals surface area contributed by atoms with E-state index in [2.05, 4.69) is 10.2 Å². The molecule has 0 saturated carbocycles. The fourth-order valence-corrected chi connectivity index (χ4v) is 7.19. The SMILES string of the molecule is COc1ccc(-n2c(=O)c3c4c(sc3n3c(SCC(=O)c5ccc(Cl)cc5)nnc23)CCCCC4)cc1. The van der Waals surface area contributed by atoms with Gasteiger partial charge in [-0.1, -0.05) is 29.8 Å². The normalized spacial score (nSPS) is 13.6. The summed E-state index contributed by atoms with van der Waals surface area (Å²) < 4.78 is 8.88. The van der Waals surface area contributed by atoms with Gasteiger partial charge in [0.15, 0.2) is 10.9 Å². The van der Waals surface area contributed by atoms with E-state index in [1.165, 1.54) is 23.1 Å². The lowest BCUT2D eigenvalue weighted by atomic mass is 10.1. The predicted molar refractivity (Wildman–Crippen MR) is 148 cm³/mol. The van der Waals surface area contributed by atoms with Crippen molar-refractivity contribution >= 4 is 56.5 Å². The van der Waals surface area contributed by atoms with Gasteiger partial charge < -0.3 is 4.74 Å². The van der Waals surface area contributed by atoms with Crippen molar-refractivity contribution in [3.63, 3.8) is 0 Å². The number of Topliss-reactive ketones (excluding diaryl/α,β-unsaturated/α-hetero) is 1. The number of thiophene rings is 1. The maximum absolute atomic E-state index is 14.0. The molecular weight excluding hydrogens is 528 g/mol. The molecule has 10 heteroatoms. The molecule has 0 spiro atoms. The van der Waals surface area contributed by atoms with Gasteiger partial charge in [0, 0.05) is 15.5 Å². The molecule has 0 unspecified atom stereocenters. The van der Waals surface area contributed by atoms with Crippen LogP contribution in [-0.2, 0) is 12.8 Å². The summed E-state index contributed by atoms with van der Waals surface area (Å²) in [5.74, 6) is 1.30. The van der Waals surface area contributed by atoms with Crippen LogP contribution in [0.4, 0.5) is 0 Å². The Kier molecular flexibility index (Phi) is 6.52. The molecule has 5 aromatic rings. The summed E-state index contributed by atoms with van der Waals surface area (Å²) in [7, 11) is 1.61. The van der Waals surface area contributed by atoms with Crippen molar-refractivity contribution in [3.8, 4) is 11.4 Å². The smallest absolute Gasteiger partial charge is 0.268 e. The van der Waals surface area contributed by atoms with E-state index in [0.29, 0.717) is 33.0 Å². The van der Waals surface area contributed by atoms with E-state index in [-0.39, 0.29) is 17.1 Å².